The molecule has 1 aliphatic heterocycles. The number of esters is 1. The lowest BCUT2D eigenvalue weighted by molar-refractivity contribution is -0.154. The summed E-state index contributed by atoms with van der Waals surface area (Å²) in [5, 5.41) is 0. The molecular formula is C16H32N2O3. The van der Waals surface area contributed by atoms with Gasteiger partial charge < -0.3 is 9.47 Å². The Kier molecular flexibility index (Phi) is 7.63. The van der Waals surface area contributed by atoms with Crippen LogP contribution in [0.25, 0.3) is 0 Å². The van der Waals surface area contributed by atoms with Crippen LogP contribution in [0.3, 0.4) is 0 Å². The van der Waals surface area contributed by atoms with E-state index >= 15 is 0 Å². The molecule has 0 aromatic rings. The largest absolute Gasteiger partial charge is 0.463 e. The molecule has 0 aromatic carbocycles. The third kappa shape index (κ3) is 7.25. The Balaban J connectivity index is 1.99. The van der Waals surface area contributed by atoms with Gasteiger partial charge in [0.1, 0.15) is 6.61 Å². The maximum atomic E-state index is 11.5. The molecule has 0 radical (unpaired) electrons. The van der Waals surface area contributed by atoms with Gasteiger partial charge in [-0.1, -0.05) is 0 Å². The summed E-state index contributed by atoms with van der Waals surface area (Å²) in [6, 6.07) is 0.640. The maximum absolute atomic E-state index is 11.5. The van der Waals surface area contributed by atoms with Crippen LogP contribution in [0.15, 0.2) is 0 Å². The summed E-state index contributed by atoms with van der Waals surface area (Å²) in [4.78, 5) is 16.5. The Morgan fingerprint density at radius 1 is 1.05 bits per heavy atom. The molecule has 124 valence electrons. The van der Waals surface area contributed by atoms with Crippen molar-refractivity contribution in [2.45, 2.75) is 40.7 Å². The Morgan fingerprint density at radius 3 is 2.19 bits per heavy atom. The lowest BCUT2D eigenvalue weighted by atomic mass is 9.97. The zero-order valence-electron chi connectivity index (χ0n) is 14.4. The zero-order valence-corrected chi connectivity index (χ0v) is 14.4. The lowest BCUT2D eigenvalue weighted by Gasteiger charge is -2.36. The molecule has 0 unspecified atom stereocenters. The molecule has 0 amide bonds. The highest BCUT2D eigenvalue weighted by Crippen LogP contribution is 2.14. The first kappa shape index (κ1) is 18.4. The molecule has 0 aromatic heterocycles. The zero-order chi connectivity index (χ0) is 15.9. The summed E-state index contributed by atoms with van der Waals surface area (Å²) in [6.07, 6.45) is 0. The molecule has 0 bridgehead atoms. The fourth-order valence-corrected chi connectivity index (χ4v) is 2.21. The molecule has 0 N–H and O–H groups in total. The van der Waals surface area contributed by atoms with Crippen LogP contribution >= 0.6 is 0 Å². The van der Waals surface area contributed by atoms with Gasteiger partial charge in [0.15, 0.2) is 0 Å². The van der Waals surface area contributed by atoms with E-state index in [2.05, 4.69) is 23.6 Å². The molecule has 1 heterocycles. The van der Waals surface area contributed by atoms with Crippen LogP contribution in [0.1, 0.15) is 34.6 Å². The molecule has 0 saturated carbocycles. The van der Waals surface area contributed by atoms with Crippen molar-refractivity contribution < 1.29 is 14.3 Å². The Hall–Kier alpha value is -0.650. The normalized spacial score (nSPS) is 18.2. The van der Waals surface area contributed by atoms with Gasteiger partial charge in [-0.15, -0.1) is 0 Å². The first-order valence-electron chi connectivity index (χ1n) is 8.02. The predicted octanol–water partition coefficient (Wildman–Crippen LogP) is 1.62. The predicted molar refractivity (Wildman–Crippen MR) is 84.4 cm³/mol. The third-order valence-corrected chi connectivity index (χ3v) is 3.76. The van der Waals surface area contributed by atoms with Crippen molar-refractivity contribution in [1.29, 1.82) is 0 Å². The van der Waals surface area contributed by atoms with E-state index in [-0.39, 0.29) is 5.97 Å². The van der Waals surface area contributed by atoms with Crippen LogP contribution in [0, 0.1) is 5.41 Å². The summed E-state index contributed by atoms with van der Waals surface area (Å²) in [5.41, 5.74) is -0.434. The smallest absolute Gasteiger partial charge is 0.311 e. The molecule has 21 heavy (non-hydrogen) atoms. The highest BCUT2D eigenvalue weighted by molar-refractivity contribution is 5.75. The minimum absolute atomic E-state index is 0.170. The fourth-order valence-electron chi connectivity index (χ4n) is 2.21. The summed E-state index contributed by atoms with van der Waals surface area (Å²) >= 11 is 0. The van der Waals surface area contributed by atoms with Gasteiger partial charge in [-0.3, -0.25) is 14.6 Å². The number of rotatable bonds is 7. The van der Waals surface area contributed by atoms with Crippen molar-refractivity contribution in [3.63, 3.8) is 0 Å². The van der Waals surface area contributed by atoms with E-state index in [9.17, 15) is 4.79 Å². The number of carbonyl (C=O) groups is 1. The molecule has 1 fully saturated rings. The summed E-state index contributed by atoms with van der Waals surface area (Å²) in [5.74, 6) is -0.170. The Bertz CT molecular complexity index is 305. The number of hydrogen-bond donors (Lipinski definition) is 0. The number of carbonyl (C=O) groups excluding carboxylic acids is 1. The van der Waals surface area contributed by atoms with Crippen molar-refractivity contribution in [2.75, 3.05) is 52.5 Å². The van der Waals surface area contributed by atoms with Gasteiger partial charge in [0.05, 0.1) is 18.6 Å². The van der Waals surface area contributed by atoms with E-state index in [0.29, 0.717) is 25.9 Å². The first-order valence-corrected chi connectivity index (χ1v) is 8.02. The van der Waals surface area contributed by atoms with E-state index < -0.39 is 5.41 Å². The topological polar surface area (TPSA) is 42.0 Å². The van der Waals surface area contributed by atoms with Crippen molar-refractivity contribution in [3.05, 3.63) is 0 Å². The van der Waals surface area contributed by atoms with E-state index in [1.807, 2.05) is 20.8 Å². The van der Waals surface area contributed by atoms with Crippen LogP contribution in [0.4, 0.5) is 0 Å². The molecule has 5 nitrogen and oxygen atoms in total. The number of hydrogen-bond acceptors (Lipinski definition) is 5. The van der Waals surface area contributed by atoms with Crippen molar-refractivity contribution in [1.82, 2.24) is 9.80 Å². The van der Waals surface area contributed by atoms with Crippen LogP contribution < -0.4 is 0 Å². The summed E-state index contributed by atoms with van der Waals surface area (Å²) in [6.45, 7) is 17.0. The van der Waals surface area contributed by atoms with Crippen LogP contribution in [-0.4, -0.2) is 74.4 Å². The average Bonchev–Trinajstić information content (AvgIpc) is 2.41. The molecule has 0 atom stereocenters. The number of nitrogens with zero attached hydrogens (tertiary/aromatic N) is 2. The number of piperazine rings is 1. The molecule has 0 aliphatic carbocycles. The van der Waals surface area contributed by atoms with E-state index in [4.69, 9.17) is 9.47 Å². The molecule has 1 aliphatic rings. The van der Waals surface area contributed by atoms with Gasteiger partial charge in [0.25, 0.3) is 0 Å². The monoisotopic (exact) mass is 300 g/mol. The quantitative estimate of drug-likeness (QED) is 0.528. The Labute approximate surface area is 129 Å². The molecular weight excluding hydrogens is 268 g/mol. The van der Waals surface area contributed by atoms with Gasteiger partial charge in [-0.05, 0) is 34.6 Å². The van der Waals surface area contributed by atoms with E-state index in [0.717, 1.165) is 32.7 Å². The third-order valence-electron chi connectivity index (χ3n) is 3.76. The fraction of sp³-hybridized carbons (Fsp3) is 0.938. The molecule has 5 heteroatoms. The lowest BCUT2D eigenvalue weighted by Crippen LogP contribution is -2.49. The minimum atomic E-state index is -0.434. The van der Waals surface area contributed by atoms with Crippen molar-refractivity contribution in [2.24, 2.45) is 5.41 Å². The van der Waals surface area contributed by atoms with Crippen LogP contribution in [0.5, 0.6) is 0 Å². The second-order valence-corrected chi connectivity index (χ2v) is 6.97. The van der Waals surface area contributed by atoms with Gasteiger partial charge >= 0.3 is 5.97 Å². The van der Waals surface area contributed by atoms with Crippen molar-refractivity contribution >= 4 is 5.97 Å². The second-order valence-electron chi connectivity index (χ2n) is 6.97. The standard InChI is InChI=1S/C16H32N2O3/c1-14(2)18-8-6-17(7-9-18)10-11-20-12-13-21-15(19)16(3,4)5/h14H,6-13H2,1-5H3. The van der Waals surface area contributed by atoms with Gasteiger partial charge in [-0.2, -0.15) is 0 Å². The minimum Gasteiger partial charge on any atom is -0.463 e. The molecule has 1 rings (SSSR count). The molecule has 1 saturated heterocycles. The van der Waals surface area contributed by atoms with E-state index in [1.165, 1.54) is 0 Å². The first-order chi connectivity index (χ1) is 9.80. The Morgan fingerprint density at radius 2 is 1.67 bits per heavy atom. The van der Waals surface area contributed by atoms with E-state index in [1.54, 1.807) is 0 Å². The van der Waals surface area contributed by atoms with Gasteiger partial charge in [0, 0.05) is 38.8 Å². The second kappa shape index (κ2) is 8.71. The average molecular weight is 300 g/mol. The van der Waals surface area contributed by atoms with Gasteiger partial charge in [-0.25, -0.2) is 0 Å². The van der Waals surface area contributed by atoms with Crippen molar-refractivity contribution in [3.8, 4) is 0 Å². The molecule has 0 spiro atoms. The van der Waals surface area contributed by atoms with Crippen LogP contribution in [-0.2, 0) is 14.3 Å². The number of ether oxygens (including phenoxy) is 2. The maximum Gasteiger partial charge on any atom is 0.311 e. The summed E-state index contributed by atoms with van der Waals surface area (Å²) in [7, 11) is 0. The highest BCUT2D eigenvalue weighted by Gasteiger charge is 2.22. The SMILES string of the molecule is CC(C)N1CCN(CCOCCOC(=O)C(C)(C)C)CC1. The van der Waals surface area contributed by atoms with Crippen LogP contribution in [0.2, 0.25) is 0 Å². The summed E-state index contributed by atoms with van der Waals surface area (Å²) < 4.78 is 10.7. The highest BCUT2D eigenvalue weighted by atomic mass is 16.6. The van der Waals surface area contributed by atoms with Gasteiger partial charge in [0.2, 0.25) is 0 Å².